The predicted molar refractivity (Wildman–Crippen MR) is 160 cm³/mol. The number of benzene rings is 3. The monoisotopic (exact) mass is 593 g/mol. The van der Waals surface area contributed by atoms with Crippen molar-refractivity contribution in [1.29, 1.82) is 0 Å². The van der Waals surface area contributed by atoms with Crippen LogP contribution in [-0.2, 0) is 37.3 Å². The van der Waals surface area contributed by atoms with Gasteiger partial charge in [0.25, 0.3) is 5.91 Å². The molecule has 0 spiro atoms. The van der Waals surface area contributed by atoms with Crippen LogP contribution in [0.15, 0.2) is 89.8 Å². The molecule has 1 aliphatic heterocycles. The van der Waals surface area contributed by atoms with E-state index >= 15 is 0 Å². The molecular weight excluding hydrogens is 554 g/mol. The molecule has 0 unspecified atom stereocenters. The van der Waals surface area contributed by atoms with Gasteiger partial charge in [-0.25, -0.2) is 8.42 Å². The summed E-state index contributed by atoms with van der Waals surface area (Å²) in [4.78, 5) is 28.9. The summed E-state index contributed by atoms with van der Waals surface area (Å²) in [7, 11) is -3.64. The molecule has 1 atom stereocenters. The zero-order valence-corrected chi connectivity index (χ0v) is 24.8. The van der Waals surface area contributed by atoms with Crippen molar-refractivity contribution < 1.29 is 27.5 Å². The van der Waals surface area contributed by atoms with Crippen LogP contribution in [0.3, 0.4) is 0 Å². The Balaban J connectivity index is 1.51. The summed E-state index contributed by atoms with van der Waals surface area (Å²) >= 11 is 0. The van der Waals surface area contributed by atoms with E-state index in [9.17, 15) is 18.0 Å². The van der Waals surface area contributed by atoms with E-state index in [2.05, 4.69) is 12.2 Å². The molecular formula is C32H39N3O6S. The van der Waals surface area contributed by atoms with E-state index in [1.165, 1.54) is 16.4 Å². The molecule has 1 heterocycles. The number of hydrogen-bond donors (Lipinski definition) is 1. The van der Waals surface area contributed by atoms with Crippen LogP contribution in [-0.4, -0.2) is 74.9 Å². The molecule has 1 N–H and O–H groups in total. The van der Waals surface area contributed by atoms with Gasteiger partial charge in [-0.05, 0) is 41.8 Å². The number of hydrogen-bond acceptors (Lipinski definition) is 6. The van der Waals surface area contributed by atoms with Crippen molar-refractivity contribution in [2.24, 2.45) is 0 Å². The summed E-state index contributed by atoms with van der Waals surface area (Å²) in [6.07, 6.45) is 2.14. The Hall–Kier alpha value is -3.73. The summed E-state index contributed by atoms with van der Waals surface area (Å²) < 4.78 is 38.4. The second-order valence-electron chi connectivity index (χ2n) is 10.1. The number of nitrogens with zero attached hydrogens (tertiary/aromatic N) is 2. The Morgan fingerprint density at radius 3 is 2.17 bits per heavy atom. The quantitative estimate of drug-likeness (QED) is 0.286. The highest BCUT2D eigenvalue weighted by molar-refractivity contribution is 7.89. The predicted octanol–water partition coefficient (Wildman–Crippen LogP) is 3.64. The fourth-order valence-corrected chi connectivity index (χ4v) is 6.12. The van der Waals surface area contributed by atoms with Crippen LogP contribution in [0.4, 0.5) is 0 Å². The van der Waals surface area contributed by atoms with E-state index in [1.54, 1.807) is 17.0 Å². The SMILES string of the molecule is CCCCNC(=O)[C@H](Cc1ccccc1)N(Cc1ccccc1)C(=O)COc1ccc(S(=O)(=O)N2CCOCC2)cc1. The Kier molecular flexibility index (Phi) is 11.5. The molecule has 224 valence electrons. The van der Waals surface area contributed by atoms with E-state index in [4.69, 9.17) is 9.47 Å². The number of nitrogens with one attached hydrogen (secondary N) is 1. The van der Waals surface area contributed by atoms with Gasteiger partial charge in [0.15, 0.2) is 6.61 Å². The lowest BCUT2D eigenvalue weighted by molar-refractivity contribution is -0.142. The summed E-state index contributed by atoms with van der Waals surface area (Å²) in [6.45, 7) is 3.86. The van der Waals surface area contributed by atoms with Crippen molar-refractivity contribution in [1.82, 2.24) is 14.5 Å². The maximum atomic E-state index is 13.7. The number of ether oxygens (including phenoxy) is 2. The van der Waals surface area contributed by atoms with Gasteiger partial charge in [0.1, 0.15) is 11.8 Å². The average molecular weight is 594 g/mol. The van der Waals surface area contributed by atoms with Crippen LogP contribution in [0.1, 0.15) is 30.9 Å². The number of carbonyl (C=O) groups is 2. The highest BCUT2D eigenvalue weighted by atomic mass is 32.2. The Morgan fingerprint density at radius 2 is 1.55 bits per heavy atom. The topological polar surface area (TPSA) is 105 Å². The lowest BCUT2D eigenvalue weighted by Gasteiger charge is -2.31. The molecule has 0 saturated carbocycles. The van der Waals surface area contributed by atoms with Crippen molar-refractivity contribution in [3.05, 3.63) is 96.1 Å². The van der Waals surface area contributed by atoms with Crippen molar-refractivity contribution in [2.45, 2.75) is 43.7 Å². The van der Waals surface area contributed by atoms with Crippen molar-refractivity contribution >= 4 is 21.8 Å². The molecule has 0 radical (unpaired) electrons. The number of rotatable bonds is 14. The standard InChI is InChI=1S/C32H39N3O6S/c1-2-3-18-33-32(37)30(23-26-10-6-4-7-11-26)35(24-27-12-8-5-9-13-27)31(36)25-41-28-14-16-29(17-15-28)42(38,39)34-19-21-40-22-20-34/h4-17,30H,2-3,18-25H2,1H3,(H,33,37)/t30-/m0/s1. The van der Waals surface area contributed by atoms with Gasteiger partial charge in [0, 0.05) is 32.6 Å². The molecule has 2 amide bonds. The van der Waals surface area contributed by atoms with Crippen LogP contribution in [0.25, 0.3) is 0 Å². The van der Waals surface area contributed by atoms with E-state index in [1.807, 2.05) is 60.7 Å². The third-order valence-corrected chi connectivity index (χ3v) is 9.00. The molecule has 9 nitrogen and oxygen atoms in total. The average Bonchev–Trinajstić information content (AvgIpc) is 3.03. The van der Waals surface area contributed by atoms with E-state index in [-0.39, 0.29) is 29.9 Å². The minimum absolute atomic E-state index is 0.153. The van der Waals surface area contributed by atoms with Gasteiger partial charge >= 0.3 is 0 Å². The number of sulfonamides is 1. The van der Waals surface area contributed by atoms with Gasteiger partial charge in [-0.15, -0.1) is 0 Å². The molecule has 42 heavy (non-hydrogen) atoms. The van der Waals surface area contributed by atoms with Crippen molar-refractivity contribution in [2.75, 3.05) is 39.5 Å². The molecule has 3 aromatic rings. The van der Waals surface area contributed by atoms with Crippen molar-refractivity contribution in [3.63, 3.8) is 0 Å². The zero-order chi connectivity index (χ0) is 29.8. The summed E-state index contributed by atoms with van der Waals surface area (Å²) in [5.74, 6) is -0.208. The molecule has 4 rings (SSSR count). The summed E-state index contributed by atoms with van der Waals surface area (Å²) in [5.41, 5.74) is 1.83. The van der Waals surface area contributed by atoms with Gasteiger partial charge in [-0.1, -0.05) is 74.0 Å². The largest absolute Gasteiger partial charge is 0.484 e. The van der Waals surface area contributed by atoms with Crippen LogP contribution < -0.4 is 10.1 Å². The number of carbonyl (C=O) groups excluding carboxylic acids is 2. The summed E-state index contributed by atoms with van der Waals surface area (Å²) in [6, 6.07) is 24.5. The molecule has 10 heteroatoms. The van der Waals surface area contributed by atoms with Gasteiger partial charge in [0.2, 0.25) is 15.9 Å². The smallest absolute Gasteiger partial charge is 0.261 e. The Labute approximate surface area is 248 Å². The lowest BCUT2D eigenvalue weighted by atomic mass is 10.0. The fraction of sp³-hybridized carbons (Fsp3) is 0.375. The normalized spacial score (nSPS) is 14.6. The molecule has 3 aromatic carbocycles. The molecule has 1 aliphatic rings. The minimum atomic E-state index is -3.64. The molecule has 0 aliphatic carbocycles. The van der Waals surface area contributed by atoms with Crippen LogP contribution in [0.5, 0.6) is 5.75 Å². The van der Waals surface area contributed by atoms with Gasteiger partial charge in [-0.2, -0.15) is 4.31 Å². The first-order valence-corrected chi connectivity index (χ1v) is 15.8. The van der Waals surface area contributed by atoms with Gasteiger partial charge in [0.05, 0.1) is 18.1 Å². The fourth-order valence-electron chi connectivity index (χ4n) is 4.71. The molecule has 1 saturated heterocycles. The highest BCUT2D eigenvalue weighted by Gasteiger charge is 2.31. The zero-order valence-electron chi connectivity index (χ0n) is 24.0. The minimum Gasteiger partial charge on any atom is -0.484 e. The second kappa shape index (κ2) is 15.5. The maximum Gasteiger partial charge on any atom is 0.261 e. The maximum absolute atomic E-state index is 13.7. The van der Waals surface area contributed by atoms with E-state index in [0.717, 1.165) is 24.0 Å². The highest BCUT2D eigenvalue weighted by Crippen LogP contribution is 2.21. The van der Waals surface area contributed by atoms with Crippen LogP contribution >= 0.6 is 0 Å². The molecule has 0 bridgehead atoms. The second-order valence-corrected chi connectivity index (χ2v) is 12.1. The number of amides is 2. The summed E-state index contributed by atoms with van der Waals surface area (Å²) in [5, 5.41) is 3.00. The third kappa shape index (κ3) is 8.64. The third-order valence-electron chi connectivity index (χ3n) is 7.09. The van der Waals surface area contributed by atoms with E-state index in [0.29, 0.717) is 45.0 Å². The first-order chi connectivity index (χ1) is 20.4. The number of morpholine rings is 1. The van der Waals surface area contributed by atoms with Gasteiger partial charge in [-0.3, -0.25) is 9.59 Å². The Morgan fingerprint density at radius 1 is 0.929 bits per heavy atom. The number of unbranched alkanes of at least 4 members (excludes halogenated alkanes) is 1. The molecule has 0 aromatic heterocycles. The lowest BCUT2D eigenvalue weighted by Crippen LogP contribution is -2.51. The van der Waals surface area contributed by atoms with Crippen LogP contribution in [0, 0.1) is 0 Å². The Bertz CT molecular complexity index is 1380. The van der Waals surface area contributed by atoms with Gasteiger partial charge < -0.3 is 19.7 Å². The van der Waals surface area contributed by atoms with Crippen molar-refractivity contribution in [3.8, 4) is 5.75 Å². The first-order valence-electron chi connectivity index (χ1n) is 14.3. The first kappa shape index (κ1) is 31.2. The van der Waals surface area contributed by atoms with E-state index < -0.39 is 16.1 Å². The van der Waals surface area contributed by atoms with Crippen LogP contribution in [0.2, 0.25) is 0 Å². The molecule has 1 fully saturated rings.